The Morgan fingerprint density at radius 1 is 1.53 bits per heavy atom. The quantitative estimate of drug-likeness (QED) is 0.908. The van der Waals surface area contributed by atoms with Gasteiger partial charge in [0.25, 0.3) is 5.91 Å². The summed E-state index contributed by atoms with van der Waals surface area (Å²) in [6.45, 7) is 3.24. The number of aryl methyl sites for hydroxylation is 1. The molecule has 0 aliphatic carbocycles. The highest BCUT2D eigenvalue weighted by Gasteiger charge is 2.29. The van der Waals surface area contributed by atoms with Crippen LogP contribution in [0.25, 0.3) is 0 Å². The van der Waals surface area contributed by atoms with Crippen LogP contribution in [-0.4, -0.2) is 29.9 Å². The first-order chi connectivity index (χ1) is 9.13. The van der Waals surface area contributed by atoms with Crippen molar-refractivity contribution in [2.24, 2.45) is 5.73 Å². The maximum Gasteiger partial charge on any atom is 0.254 e. The average molecular weight is 264 g/mol. The zero-order valence-corrected chi connectivity index (χ0v) is 11.4. The van der Waals surface area contributed by atoms with Crippen molar-refractivity contribution in [1.82, 2.24) is 4.90 Å². The first-order valence-corrected chi connectivity index (χ1v) is 6.90. The van der Waals surface area contributed by atoms with Crippen LogP contribution >= 0.6 is 0 Å². The van der Waals surface area contributed by atoms with Crippen molar-refractivity contribution in [2.45, 2.75) is 38.6 Å². The molecule has 1 atom stereocenters. The molecule has 1 aromatic carbocycles. The number of carbonyl (C=O) groups is 1. The van der Waals surface area contributed by atoms with E-state index in [4.69, 9.17) is 5.73 Å². The van der Waals surface area contributed by atoms with E-state index in [9.17, 15) is 9.18 Å². The van der Waals surface area contributed by atoms with Crippen LogP contribution < -0.4 is 5.73 Å². The van der Waals surface area contributed by atoms with Crippen LogP contribution in [0.15, 0.2) is 18.2 Å². The summed E-state index contributed by atoms with van der Waals surface area (Å²) in [5, 5.41) is 0. The third-order valence-corrected chi connectivity index (χ3v) is 3.80. The monoisotopic (exact) mass is 264 g/mol. The van der Waals surface area contributed by atoms with Gasteiger partial charge >= 0.3 is 0 Å². The number of hydrogen-bond acceptors (Lipinski definition) is 2. The summed E-state index contributed by atoms with van der Waals surface area (Å²) in [5.74, 6) is -0.271. The molecule has 1 aliphatic rings. The van der Waals surface area contributed by atoms with E-state index < -0.39 is 0 Å². The van der Waals surface area contributed by atoms with Crippen molar-refractivity contribution in [3.8, 4) is 0 Å². The average Bonchev–Trinajstić information content (AvgIpc) is 2.83. The lowest BCUT2D eigenvalue weighted by Crippen LogP contribution is -2.36. The van der Waals surface area contributed by atoms with Crippen molar-refractivity contribution >= 4 is 5.91 Å². The van der Waals surface area contributed by atoms with Gasteiger partial charge in [-0.25, -0.2) is 4.39 Å². The molecular formula is C15H21FN2O. The van der Waals surface area contributed by atoms with Gasteiger partial charge in [0, 0.05) is 18.2 Å². The van der Waals surface area contributed by atoms with Gasteiger partial charge in [-0.3, -0.25) is 4.79 Å². The first-order valence-electron chi connectivity index (χ1n) is 6.90. The number of likely N-dealkylation sites (tertiary alicyclic amines) is 1. The van der Waals surface area contributed by atoms with Gasteiger partial charge in [0.2, 0.25) is 0 Å². The Balaban J connectivity index is 2.13. The van der Waals surface area contributed by atoms with E-state index in [-0.39, 0.29) is 11.7 Å². The summed E-state index contributed by atoms with van der Waals surface area (Å²) in [5.41, 5.74) is 6.85. The molecule has 2 rings (SSSR count). The Morgan fingerprint density at radius 3 is 3.00 bits per heavy atom. The van der Waals surface area contributed by atoms with Crippen LogP contribution in [-0.2, 0) is 0 Å². The Morgan fingerprint density at radius 2 is 2.32 bits per heavy atom. The summed E-state index contributed by atoms with van der Waals surface area (Å²) < 4.78 is 13.1. The third-order valence-electron chi connectivity index (χ3n) is 3.80. The van der Waals surface area contributed by atoms with Crippen molar-refractivity contribution in [3.05, 3.63) is 35.1 Å². The molecule has 2 N–H and O–H groups in total. The molecule has 19 heavy (non-hydrogen) atoms. The van der Waals surface area contributed by atoms with Crippen molar-refractivity contribution in [1.29, 1.82) is 0 Å². The van der Waals surface area contributed by atoms with Crippen LogP contribution in [0.3, 0.4) is 0 Å². The number of nitrogens with two attached hydrogens (primary N) is 1. The maximum atomic E-state index is 13.1. The SMILES string of the molecule is Cc1cc(F)ccc1C(=O)N1CCCC1CCCN. The summed E-state index contributed by atoms with van der Waals surface area (Å²) in [4.78, 5) is 14.5. The van der Waals surface area contributed by atoms with Gasteiger partial charge in [0.15, 0.2) is 0 Å². The van der Waals surface area contributed by atoms with Gasteiger partial charge in [0.1, 0.15) is 5.82 Å². The number of hydrogen-bond donors (Lipinski definition) is 1. The second-order valence-corrected chi connectivity index (χ2v) is 5.18. The molecule has 104 valence electrons. The minimum absolute atomic E-state index is 0.0250. The number of nitrogens with zero attached hydrogens (tertiary/aromatic N) is 1. The molecule has 0 saturated carbocycles. The molecule has 1 unspecified atom stereocenters. The fourth-order valence-electron chi connectivity index (χ4n) is 2.78. The second-order valence-electron chi connectivity index (χ2n) is 5.18. The summed E-state index contributed by atoms with van der Waals surface area (Å²) in [6.07, 6.45) is 3.99. The minimum atomic E-state index is -0.296. The van der Waals surface area contributed by atoms with Gasteiger partial charge in [-0.1, -0.05) is 0 Å². The molecular weight excluding hydrogens is 243 g/mol. The van der Waals surface area contributed by atoms with Gasteiger partial charge in [0.05, 0.1) is 0 Å². The number of amides is 1. The Hall–Kier alpha value is -1.42. The normalized spacial score (nSPS) is 18.9. The molecule has 1 fully saturated rings. The maximum absolute atomic E-state index is 13.1. The molecule has 0 spiro atoms. The van der Waals surface area contributed by atoms with E-state index in [1.54, 1.807) is 13.0 Å². The van der Waals surface area contributed by atoms with Gasteiger partial charge in [-0.05, 0) is 62.9 Å². The number of carbonyl (C=O) groups excluding carboxylic acids is 1. The standard InChI is InChI=1S/C15H21FN2O/c1-11-10-12(16)6-7-14(11)15(19)18-9-3-5-13(18)4-2-8-17/h6-7,10,13H,2-5,8-9,17H2,1H3. The fraction of sp³-hybridized carbons (Fsp3) is 0.533. The van der Waals surface area contributed by atoms with Crippen molar-refractivity contribution < 1.29 is 9.18 Å². The molecule has 1 aliphatic heterocycles. The Labute approximate surface area is 113 Å². The van der Waals surface area contributed by atoms with E-state index in [0.717, 1.165) is 32.2 Å². The molecule has 3 nitrogen and oxygen atoms in total. The highest BCUT2D eigenvalue weighted by atomic mass is 19.1. The van der Waals surface area contributed by atoms with Crippen LogP contribution in [0.5, 0.6) is 0 Å². The third kappa shape index (κ3) is 3.13. The highest BCUT2D eigenvalue weighted by molar-refractivity contribution is 5.96. The van der Waals surface area contributed by atoms with E-state index in [1.807, 2.05) is 4.90 Å². The molecule has 1 aromatic rings. The van der Waals surface area contributed by atoms with E-state index in [0.29, 0.717) is 23.7 Å². The molecule has 0 radical (unpaired) electrons. The van der Waals surface area contributed by atoms with Crippen LogP contribution in [0, 0.1) is 12.7 Å². The number of benzene rings is 1. The summed E-state index contributed by atoms with van der Waals surface area (Å²) in [7, 11) is 0. The van der Waals surface area contributed by atoms with E-state index in [1.165, 1.54) is 12.1 Å². The summed E-state index contributed by atoms with van der Waals surface area (Å²) in [6, 6.07) is 4.65. The van der Waals surface area contributed by atoms with Crippen molar-refractivity contribution in [3.63, 3.8) is 0 Å². The highest BCUT2D eigenvalue weighted by Crippen LogP contribution is 2.24. The second kappa shape index (κ2) is 6.15. The topological polar surface area (TPSA) is 46.3 Å². The molecule has 4 heteroatoms. The smallest absolute Gasteiger partial charge is 0.254 e. The minimum Gasteiger partial charge on any atom is -0.336 e. The fourth-order valence-corrected chi connectivity index (χ4v) is 2.78. The van der Waals surface area contributed by atoms with Crippen molar-refractivity contribution in [2.75, 3.05) is 13.1 Å². The number of rotatable bonds is 4. The lowest BCUT2D eigenvalue weighted by molar-refractivity contribution is 0.0728. The van der Waals surface area contributed by atoms with Crippen LogP contribution in [0.2, 0.25) is 0 Å². The molecule has 1 heterocycles. The first kappa shape index (κ1) is 14.0. The van der Waals surface area contributed by atoms with Gasteiger partial charge in [-0.2, -0.15) is 0 Å². The molecule has 1 saturated heterocycles. The zero-order chi connectivity index (χ0) is 13.8. The largest absolute Gasteiger partial charge is 0.336 e. The molecule has 0 bridgehead atoms. The predicted molar refractivity (Wildman–Crippen MR) is 73.5 cm³/mol. The Kier molecular flexibility index (Phi) is 4.53. The molecule has 1 amide bonds. The lowest BCUT2D eigenvalue weighted by atomic mass is 10.1. The lowest BCUT2D eigenvalue weighted by Gasteiger charge is -2.25. The summed E-state index contributed by atoms with van der Waals surface area (Å²) >= 11 is 0. The Bertz CT molecular complexity index is 461. The van der Waals surface area contributed by atoms with E-state index >= 15 is 0 Å². The van der Waals surface area contributed by atoms with Crippen LogP contribution in [0.1, 0.15) is 41.6 Å². The van der Waals surface area contributed by atoms with Gasteiger partial charge < -0.3 is 10.6 Å². The predicted octanol–water partition coefficient (Wildman–Crippen LogP) is 2.48. The molecule has 0 aromatic heterocycles. The number of halogens is 1. The van der Waals surface area contributed by atoms with E-state index in [2.05, 4.69) is 0 Å². The van der Waals surface area contributed by atoms with Crippen LogP contribution in [0.4, 0.5) is 4.39 Å². The van der Waals surface area contributed by atoms with Gasteiger partial charge in [-0.15, -0.1) is 0 Å². The zero-order valence-electron chi connectivity index (χ0n) is 11.4.